The highest BCUT2D eigenvalue weighted by Gasteiger charge is 2.48. The first-order chi connectivity index (χ1) is 18.6. The van der Waals surface area contributed by atoms with Gasteiger partial charge in [0.05, 0.1) is 29.3 Å². The molecule has 1 aliphatic rings. The third kappa shape index (κ3) is 5.01. The number of anilines is 1. The Morgan fingerprint density at radius 3 is 2.51 bits per heavy atom. The van der Waals surface area contributed by atoms with Crippen LogP contribution in [0.5, 0.6) is 5.75 Å². The van der Waals surface area contributed by atoms with Gasteiger partial charge < -0.3 is 14.6 Å². The average Bonchev–Trinajstić information content (AvgIpc) is 3.43. The summed E-state index contributed by atoms with van der Waals surface area (Å²) in [7, 11) is 1.50. The lowest BCUT2D eigenvalue weighted by atomic mass is 9.94. The summed E-state index contributed by atoms with van der Waals surface area (Å²) in [6.45, 7) is 6.79. The number of rotatable bonds is 8. The fraction of sp³-hybridized carbons (Fsp3) is 0.185. The van der Waals surface area contributed by atoms with Crippen LogP contribution in [0, 0.1) is 24.0 Å². The van der Waals surface area contributed by atoms with E-state index in [4.69, 9.17) is 9.47 Å². The van der Waals surface area contributed by atoms with Crippen molar-refractivity contribution >= 4 is 45.6 Å². The molecule has 0 spiro atoms. The van der Waals surface area contributed by atoms with Crippen molar-refractivity contribution in [2.45, 2.75) is 19.9 Å². The maximum absolute atomic E-state index is 13.4. The van der Waals surface area contributed by atoms with E-state index in [2.05, 4.69) is 11.6 Å². The number of aliphatic hydroxyl groups is 1. The van der Waals surface area contributed by atoms with Gasteiger partial charge >= 0.3 is 11.9 Å². The monoisotopic (exact) mass is 549 g/mol. The lowest BCUT2D eigenvalue weighted by Crippen LogP contribution is -2.29. The number of benzene rings is 2. The molecule has 3 aromatic rings. The Morgan fingerprint density at radius 2 is 1.92 bits per heavy atom. The van der Waals surface area contributed by atoms with Crippen LogP contribution in [0.2, 0.25) is 0 Å². The van der Waals surface area contributed by atoms with Crippen LogP contribution in [0.1, 0.15) is 38.1 Å². The highest BCUT2D eigenvalue weighted by Crippen LogP contribution is 2.44. The van der Waals surface area contributed by atoms with Gasteiger partial charge in [-0.25, -0.2) is 9.78 Å². The normalized spacial score (nSPS) is 16.3. The molecule has 1 amide bonds. The molecular weight excluding hydrogens is 526 g/mol. The minimum atomic E-state index is -1.18. The SMILES string of the molecule is C=CCOC(=O)c1sc(N2C(=O)C(=O)C(=C(O)c3ccc(OC)c(C)c3)[C@@H]2c2ccc([N+](=O)[O-])cc2)nc1C. The van der Waals surface area contributed by atoms with Crippen molar-refractivity contribution < 1.29 is 33.9 Å². The van der Waals surface area contributed by atoms with Crippen molar-refractivity contribution in [2.24, 2.45) is 0 Å². The van der Waals surface area contributed by atoms with Crippen molar-refractivity contribution in [1.82, 2.24) is 4.98 Å². The molecule has 1 aliphatic heterocycles. The van der Waals surface area contributed by atoms with Crippen LogP contribution in [0.3, 0.4) is 0 Å². The molecule has 1 N–H and O–H groups in total. The first-order valence-corrected chi connectivity index (χ1v) is 12.4. The number of thiazole rings is 1. The summed E-state index contributed by atoms with van der Waals surface area (Å²) >= 11 is 0.848. The largest absolute Gasteiger partial charge is 0.507 e. The van der Waals surface area contributed by atoms with E-state index >= 15 is 0 Å². The number of aliphatic hydroxyl groups excluding tert-OH is 1. The number of aromatic nitrogens is 1. The number of nitro benzene ring substituents is 1. The third-order valence-electron chi connectivity index (χ3n) is 6.04. The number of nitrogens with zero attached hydrogens (tertiary/aromatic N) is 3. The van der Waals surface area contributed by atoms with Gasteiger partial charge in [0.25, 0.3) is 11.5 Å². The van der Waals surface area contributed by atoms with Crippen molar-refractivity contribution in [3.05, 3.63) is 98.1 Å². The minimum Gasteiger partial charge on any atom is -0.507 e. The van der Waals surface area contributed by atoms with Gasteiger partial charge in [-0.15, -0.1) is 0 Å². The molecule has 0 aliphatic carbocycles. The number of ketones is 1. The lowest BCUT2D eigenvalue weighted by molar-refractivity contribution is -0.384. The van der Waals surface area contributed by atoms with Crippen LogP contribution in [0.4, 0.5) is 10.8 Å². The molecule has 4 rings (SSSR count). The molecule has 2 aromatic carbocycles. The Labute approximate surface area is 226 Å². The van der Waals surface area contributed by atoms with Crippen LogP contribution >= 0.6 is 11.3 Å². The topological polar surface area (TPSA) is 149 Å². The molecule has 200 valence electrons. The molecule has 1 aromatic heterocycles. The molecule has 0 saturated carbocycles. The molecular formula is C27H23N3O8S. The number of esters is 1. The number of methoxy groups -OCH3 is 1. The Morgan fingerprint density at radius 1 is 1.23 bits per heavy atom. The standard InChI is InChI=1S/C27H23N3O8S/c1-5-12-38-26(34)24-15(3)28-27(39-24)29-21(16-6-9-18(10-7-16)30(35)36)20(23(32)25(29)33)22(31)17-8-11-19(37-4)14(2)13-17/h5-11,13,21,31H,1,12H2,2-4H3/t21-/m0/s1. The van der Waals surface area contributed by atoms with Gasteiger partial charge in [-0.2, -0.15) is 0 Å². The van der Waals surface area contributed by atoms with Crippen LogP contribution in [0.25, 0.3) is 5.76 Å². The maximum atomic E-state index is 13.4. The summed E-state index contributed by atoms with van der Waals surface area (Å²) in [4.78, 5) is 55.4. The summed E-state index contributed by atoms with van der Waals surface area (Å²) in [5.74, 6) is -2.51. The quantitative estimate of drug-likeness (QED) is 0.0806. The van der Waals surface area contributed by atoms with E-state index in [-0.39, 0.29) is 39.1 Å². The predicted octanol–water partition coefficient (Wildman–Crippen LogP) is 4.65. The molecule has 11 nitrogen and oxygen atoms in total. The second kappa shape index (κ2) is 10.9. The van der Waals surface area contributed by atoms with Crippen LogP contribution in [0.15, 0.2) is 60.7 Å². The van der Waals surface area contributed by atoms with E-state index in [0.717, 1.165) is 16.2 Å². The van der Waals surface area contributed by atoms with Crippen LogP contribution in [-0.4, -0.2) is 46.4 Å². The van der Waals surface area contributed by atoms with Gasteiger partial charge in [-0.05, 0) is 55.3 Å². The van der Waals surface area contributed by atoms with Crippen LogP contribution in [-0.2, 0) is 14.3 Å². The van der Waals surface area contributed by atoms with Gasteiger partial charge in [0.2, 0.25) is 0 Å². The highest BCUT2D eigenvalue weighted by molar-refractivity contribution is 7.17. The number of carbonyl (C=O) groups excluding carboxylic acids is 3. The Balaban J connectivity index is 1.90. The van der Waals surface area contributed by atoms with E-state index < -0.39 is 34.4 Å². The van der Waals surface area contributed by atoms with E-state index in [1.54, 1.807) is 32.0 Å². The molecule has 1 atom stereocenters. The van der Waals surface area contributed by atoms with Gasteiger partial charge in [0.1, 0.15) is 23.0 Å². The maximum Gasteiger partial charge on any atom is 0.350 e. The number of hydrogen-bond acceptors (Lipinski definition) is 10. The second-order valence-electron chi connectivity index (χ2n) is 8.50. The summed E-state index contributed by atoms with van der Waals surface area (Å²) in [5, 5.41) is 22.5. The molecule has 0 bridgehead atoms. The number of aryl methyl sites for hydroxylation is 2. The predicted molar refractivity (Wildman–Crippen MR) is 143 cm³/mol. The fourth-order valence-corrected chi connectivity index (χ4v) is 5.17. The first-order valence-electron chi connectivity index (χ1n) is 11.5. The zero-order valence-corrected chi connectivity index (χ0v) is 22.0. The summed E-state index contributed by atoms with van der Waals surface area (Å²) in [6, 6.07) is 8.85. The number of non-ortho nitro benzene ring substituents is 1. The highest BCUT2D eigenvalue weighted by atomic mass is 32.1. The van der Waals surface area contributed by atoms with E-state index in [0.29, 0.717) is 16.9 Å². The van der Waals surface area contributed by atoms with Gasteiger partial charge in [-0.1, -0.05) is 24.0 Å². The van der Waals surface area contributed by atoms with Crippen molar-refractivity contribution in [2.75, 3.05) is 18.6 Å². The number of nitro groups is 1. The van der Waals surface area contributed by atoms with Gasteiger partial charge in [-0.3, -0.25) is 24.6 Å². The summed E-state index contributed by atoms with van der Waals surface area (Å²) < 4.78 is 10.4. The Hall–Kier alpha value is -4.84. The summed E-state index contributed by atoms with van der Waals surface area (Å²) in [5.41, 5.74) is 1.11. The molecule has 1 fully saturated rings. The third-order valence-corrected chi connectivity index (χ3v) is 7.18. The Bertz CT molecular complexity index is 1540. The molecule has 12 heteroatoms. The zero-order chi connectivity index (χ0) is 28.4. The zero-order valence-electron chi connectivity index (χ0n) is 21.2. The van der Waals surface area contributed by atoms with Crippen molar-refractivity contribution in [3.63, 3.8) is 0 Å². The Kier molecular flexibility index (Phi) is 7.58. The molecule has 2 heterocycles. The minimum absolute atomic E-state index is 0.0217. The molecule has 39 heavy (non-hydrogen) atoms. The summed E-state index contributed by atoms with van der Waals surface area (Å²) in [6.07, 6.45) is 1.41. The van der Waals surface area contributed by atoms with E-state index in [1.807, 2.05) is 0 Å². The molecule has 1 saturated heterocycles. The number of carbonyl (C=O) groups is 3. The lowest BCUT2D eigenvalue weighted by Gasteiger charge is -2.23. The van der Waals surface area contributed by atoms with Gasteiger partial charge in [0, 0.05) is 17.7 Å². The second-order valence-corrected chi connectivity index (χ2v) is 9.48. The molecule has 0 unspecified atom stereocenters. The number of ether oxygens (including phenoxy) is 2. The van der Waals surface area contributed by atoms with E-state index in [9.17, 15) is 29.6 Å². The number of hydrogen-bond donors (Lipinski definition) is 1. The number of amides is 1. The molecule has 0 radical (unpaired) electrons. The number of Topliss-reactive ketones (excluding diaryl/α,β-unsaturated/α-hetero) is 1. The first kappa shape index (κ1) is 27.2. The average molecular weight is 550 g/mol. The smallest absolute Gasteiger partial charge is 0.350 e. The van der Waals surface area contributed by atoms with Crippen molar-refractivity contribution in [3.8, 4) is 5.75 Å². The van der Waals surface area contributed by atoms with Gasteiger partial charge in [0.15, 0.2) is 5.13 Å². The fourth-order valence-electron chi connectivity index (χ4n) is 4.18. The van der Waals surface area contributed by atoms with E-state index in [1.165, 1.54) is 37.5 Å². The van der Waals surface area contributed by atoms with Crippen molar-refractivity contribution in [1.29, 1.82) is 0 Å². The van der Waals surface area contributed by atoms with Crippen LogP contribution < -0.4 is 9.64 Å².